The lowest BCUT2D eigenvalue weighted by atomic mass is 10.1. The van der Waals surface area contributed by atoms with E-state index in [1.165, 1.54) is 0 Å². The summed E-state index contributed by atoms with van der Waals surface area (Å²) >= 11 is 0. The van der Waals surface area contributed by atoms with Gasteiger partial charge in [-0.05, 0) is 18.9 Å². The molecule has 104 valence electrons. The number of amides is 2. The highest BCUT2D eigenvalue weighted by Crippen LogP contribution is 1.98. The van der Waals surface area contributed by atoms with E-state index in [2.05, 4.69) is 10.6 Å². The monoisotopic (exact) mass is 263 g/mol. The molecular formula is C14H21N3O2. The summed E-state index contributed by atoms with van der Waals surface area (Å²) in [6.07, 6.45) is 1.01. The van der Waals surface area contributed by atoms with Gasteiger partial charge in [0.1, 0.15) is 0 Å². The van der Waals surface area contributed by atoms with Crippen molar-refractivity contribution in [1.29, 1.82) is 0 Å². The number of benzene rings is 1. The van der Waals surface area contributed by atoms with Gasteiger partial charge in [0.25, 0.3) is 0 Å². The van der Waals surface area contributed by atoms with Crippen LogP contribution in [0.4, 0.5) is 0 Å². The van der Waals surface area contributed by atoms with Gasteiger partial charge in [-0.25, -0.2) is 0 Å². The lowest BCUT2D eigenvalue weighted by molar-refractivity contribution is -0.125. The second-order valence-corrected chi connectivity index (χ2v) is 4.56. The van der Waals surface area contributed by atoms with Crippen LogP contribution in [0.15, 0.2) is 30.3 Å². The minimum absolute atomic E-state index is 0.00458. The molecule has 1 aromatic rings. The van der Waals surface area contributed by atoms with Crippen molar-refractivity contribution in [2.45, 2.75) is 25.8 Å². The van der Waals surface area contributed by atoms with Gasteiger partial charge in [-0.1, -0.05) is 30.3 Å². The number of carbonyl (C=O) groups excluding carboxylic acids is 2. The van der Waals surface area contributed by atoms with Crippen LogP contribution in [0.3, 0.4) is 0 Å². The van der Waals surface area contributed by atoms with Crippen LogP contribution in [0.5, 0.6) is 0 Å². The van der Waals surface area contributed by atoms with Crippen LogP contribution in [0, 0.1) is 0 Å². The van der Waals surface area contributed by atoms with Gasteiger partial charge in [-0.3, -0.25) is 9.59 Å². The van der Waals surface area contributed by atoms with E-state index in [4.69, 9.17) is 5.73 Å². The van der Waals surface area contributed by atoms with Crippen LogP contribution >= 0.6 is 0 Å². The van der Waals surface area contributed by atoms with Crippen LogP contribution in [0.2, 0.25) is 0 Å². The largest absolute Gasteiger partial charge is 0.355 e. The Hall–Kier alpha value is -1.88. The second-order valence-electron chi connectivity index (χ2n) is 4.56. The maximum Gasteiger partial charge on any atom is 0.239 e. The minimum Gasteiger partial charge on any atom is -0.355 e. The fraction of sp³-hybridized carbons (Fsp3) is 0.429. The summed E-state index contributed by atoms with van der Waals surface area (Å²) in [6.45, 7) is 2.42. The SMILES string of the molecule is CC(N)CCNC(=O)CNC(=O)Cc1ccccc1. The molecule has 1 atom stereocenters. The van der Waals surface area contributed by atoms with Crippen molar-refractivity contribution < 1.29 is 9.59 Å². The number of nitrogens with two attached hydrogens (primary N) is 1. The van der Waals surface area contributed by atoms with Gasteiger partial charge in [-0.15, -0.1) is 0 Å². The molecule has 1 aromatic carbocycles. The normalized spacial score (nSPS) is 11.7. The molecule has 0 aliphatic rings. The molecule has 2 amide bonds. The predicted molar refractivity (Wildman–Crippen MR) is 74.4 cm³/mol. The molecule has 1 rings (SSSR count). The van der Waals surface area contributed by atoms with Crippen LogP contribution in [-0.2, 0) is 16.0 Å². The molecule has 0 bridgehead atoms. The molecule has 1 unspecified atom stereocenters. The van der Waals surface area contributed by atoms with Crippen molar-refractivity contribution in [3.05, 3.63) is 35.9 Å². The number of rotatable bonds is 7. The smallest absolute Gasteiger partial charge is 0.239 e. The molecule has 4 N–H and O–H groups in total. The summed E-state index contributed by atoms with van der Waals surface area (Å²) < 4.78 is 0. The fourth-order valence-electron chi connectivity index (χ4n) is 1.52. The van der Waals surface area contributed by atoms with E-state index in [1.807, 2.05) is 37.3 Å². The molecule has 5 heteroatoms. The Labute approximate surface area is 113 Å². The van der Waals surface area contributed by atoms with Crippen LogP contribution < -0.4 is 16.4 Å². The Kier molecular flexibility index (Phi) is 6.60. The van der Waals surface area contributed by atoms with E-state index < -0.39 is 0 Å². The zero-order valence-electron chi connectivity index (χ0n) is 11.2. The van der Waals surface area contributed by atoms with E-state index >= 15 is 0 Å². The molecule has 0 saturated heterocycles. The highest BCUT2D eigenvalue weighted by Gasteiger charge is 2.06. The summed E-state index contributed by atoms with van der Waals surface area (Å²) in [5, 5.41) is 5.29. The van der Waals surface area contributed by atoms with Crippen LogP contribution in [0.25, 0.3) is 0 Å². The van der Waals surface area contributed by atoms with Gasteiger partial charge in [0.05, 0.1) is 13.0 Å². The minimum atomic E-state index is -0.193. The number of hydrogen-bond donors (Lipinski definition) is 3. The third-order valence-corrected chi connectivity index (χ3v) is 2.58. The molecule has 0 aliphatic carbocycles. The Bertz CT molecular complexity index is 404. The number of carbonyl (C=O) groups is 2. The maximum absolute atomic E-state index is 11.6. The molecule has 5 nitrogen and oxygen atoms in total. The van der Waals surface area contributed by atoms with Crippen molar-refractivity contribution in [1.82, 2.24) is 10.6 Å². The summed E-state index contributed by atoms with van der Waals surface area (Å²) in [4.78, 5) is 23.0. The van der Waals surface area contributed by atoms with Crippen molar-refractivity contribution >= 4 is 11.8 Å². The topological polar surface area (TPSA) is 84.2 Å². The molecule has 19 heavy (non-hydrogen) atoms. The molecule has 0 radical (unpaired) electrons. The zero-order chi connectivity index (χ0) is 14.1. The standard InChI is InChI=1S/C14H21N3O2/c1-11(15)7-8-16-14(19)10-17-13(18)9-12-5-3-2-4-6-12/h2-6,11H,7-10,15H2,1H3,(H,16,19)(H,17,18). The Morgan fingerprint density at radius 1 is 1.16 bits per heavy atom. The fourth-order valence-corrected chi connectivity index (χ4v) is 1.52. The molecule has 0 aliphatic heterocycles. The van der Waals surface area contributed by atoms with Crippen LogP contribution in [-0.4, -0.2) is 30.9 Å². The summed E-state index contributed by atoms with van der Waals surface area (Å²) in [7, 11) is 0. The summed E-state index contributed by atoms with van der Waals surface area (Å²) in [6, 6.07) is 9.47. The van der Waals surface area contributed by atoms with Gasteiger partial charge in [0.15, 0.2) is 0 Å². The van der Waals surface area contributed by atoms with E-state index in [0.29, 0.717) is 6.54 Å². The Morgan fingerprint density at radius 3 is 2.47 bits per heavy atom. The predicted octanol–water partition coefficient (Wildman–Crippen LogP) is 0.199. The summed E-state index contributed by atoms with van der Waals surface area (Å²) in [5.41, 5.74) is 6.49. The zero-order valence-corrected chi connectivity index (χ0v) is 11.2. The van der Waals surface area contributed by atoms with E-state index in [-0.39, 0.29) is 30.8 Å². The lowest BCUT2D eigenvalue weighted by Crippen LogP contribution is -2.38. The average molecular weight is 263 g/mol. The first-order valence-electron chi connectivity index (χ1n) is 6.41. The van der Waals surface area contributed by atoms with Gasteiger partial charge in [0.2, 0.25) is 11.8 Å². The highest BCUT2D eigenvalue weighted by atomic mass is 16.2. The van der Waals surface area contributed by atoms with Crippen LogP contribution in [0.1, 0.15) is 18.9 Å². The number of nitrogens with one attached hydrogen (secondary N) is 2. The molecule has 0 fully saturated rings. The first-order chi connectivity index (χ1) is 9.08. The Balaban J connectivity index is 2.18. The molecule has 0 heterocycles. The average Bonchev–Trinajstić information content (AvgIpc) is 2.37. The van der Waals surface area contributed by atoms with E-state index in [9.17, 15) is 9.59 Å². The number of hydrogen-bond acceptors (Lipinski definition) is 3. The molecular weight excluding hydrogens is 242 g/mol. The molecule has 0 aromatic heterocycles. The summed E-state index contributed by atoms with van der Waals surface area (Å²) in [5.74, 6) is -0.351. The van der Waals surface area contributed by atoms with Gasteiger partial charge in [0, 0.05) is 12.6 Å². The van der Waals surface area contributed by atoms with Gasteiger partial charge in [-0.2, -0.15) is 0 Å². The van der Waals surface area contributed by atoms with Gasteiger partial charge < -0.3 is 16.4 Å². The van der Waals surface area contributed by atoms with Gasteiger partial charge >= 0.3 is 0 Å². The van der Waals surface area contributed by atoms with Crippen molar-refractivity contribution in [3.8, 4) is 0 Å². The quantitative estimate of drug-likeness (QED) is 0.657. The first-order valence-corrected chi connectivity index (χ1v) is 6.41. The third-order valence-electron chi connectivity index (χ3n) is 2.58. The molecule has 0 saturated carbocycles. The van der Waals surface area contributed by atoms with E-state index in [1.54, 1.807) is 0 Å². The lowest BCUT2D eigenvalue weighted by Gasteiger charge is -2.08. The third kappa shape index (κ3) is 7.21. The van der Waals surface area contributed by atoms with E-state index in [0.717, 1.165) is 12.0 Å². The first kappa shape index (κ1) is 15.2. The van der Waals surface area contributed by atoms with Crippen molar-refractivity contribution in [2.24, 2.45) is 5.73 Å². The second kappa shape index (κ2) is 8.26. The Morgan fingerprint density at radius 2 is 1.84 bits per heavy atom. The highest BCUT2D eigenvalue weighted by molar-refractivity contribution is 5.85. The van der Waals surface area contributed by atoms with Crippen molar-refractivity contribution in [3.63, 3.8) is 0 Å². The van der Waals surface area contributed by atoms with Crippen molar-refractivity contribution in [2.75, 3.05) is 13.1 Å². The molecule has 0 spiro atoms. The maximum atomic E-state index is 11.6.